The second-order valence-corrected chi connectivity index (χ2v) is 11.8. The van der Waals surface area contributed by atoms with E-state index < -0.39 is 0 Å². The standard InChI is InChI=1S/C32H45N5O2/c1-22(2)31-28-20-26(6-7-29(28)34-32(31)27-18-23(3)33-24(4)19-27)25-8-10-37(11-9-25)30(38)21-36-14-12-35(13-15-36)16-17-39-5/h6-7,18-20,22,25,34H,8-17,21H2,1-5H3. The van der Waals surface area contributed by atoms with Crippen LogP contribution in [0, 0.1) is 13.8 Å². The minimum absolute atomic E-state index is 0.287. The molecule has 1 amide bonds. The predicted molar refractivity (Wildman–Crippen MR) is 158 cm³/mol. The van der Waals surface area contributed by atoms with Gasteiger partial charge < -0.3 is 14.6 Å². The van der Waals surface area contributed by atoms with Crippen molar-refractivity contribution in [2.45, 2.75) is 52.4 Å². The van der Waals surface area contributed by atoms with Gasteiger partial charge in [0.2, 0.25) is 5.91 Å². The zero-order chi connectivity index (χ0) is 27.5. The topological polar surface area (TPSA) is 64.7 Å². The van der Waals surface area contributed by atoms with Gasteiger partial charge in [-0.05, 0) is 73.9 Å². The number of aryl methyl sites for hydroxylation is 2. The van der Waals surface area contributed by atoms with E-state index in [9.17, 15) is 4.79 Å². The van der Waals surface area contributed by atoms with Crippen molar-refractivity contribution in [1.29, 1.82) is 0 Å². The molecule has 2 aromatic heterocycles. The first kappa shape index (κ1) is 27.8. The Morgan fingerprint density at radius 1 is 1.00 bits per heavy atom. The van der Waals surface area contributed by atoms with Crippen molar-refractivity contribution < 1.29 is 9.53 Å². The summed E-state index contributed by atoms with van der Waals surface area (Å²) in [5, 5.41) is 1.33. The number of amides is 1. The van der Waals surface area contributed by atoms with Crippen molar-refractivity contribution in [3.63, 3.8) is 0 Å². The largest absolute Gasteiger partial charge is 0.383 e. The molecule has 0 spiro atoms. The quantitative estimate of drug-likeness (QED) is 0.446. The van der Waals surface area contributed by atoms with Gasteiger partial charge in [-0.1, -0.05) is 19.9 Å². The van der Waals surface area contributed by atoms with Crippen LogP contribution in [-0.4, -0.2) is 96.6 Å². The van der Waals surface area contributed by atoms with E-state index in [1.165, 1.54) is 33.3 Å². The number of hydrogen-bond donors (Lipinski definition) is 1. The summed E-state index contributed by atoms with van der Waals surface area (Å²) in [6, 6.07) is 11.3. The number of ether oxygens (including phenoxy) is 1. The zero-order valence-corrected chi connectivity index (χ0v) is 24.4. The lowest BCUT2D eigenvalue weighted by Gasteiger charge is -2.37. The summed E-state index contributed by atoms with van der Waals surface area (Å²) in [6.45, 7) is 16.6. The maximum Gasteiger partial charge on any atom is 0.236 e. The molecule has 0 aliphatic carbocycles. The monoisotopic (exact) mass is 531 g/mol. The molecule has 5 rings (SSSR count). The summed E-state index contributed by atoms with van der Waals surface area (Å²) >= 11 is 0. The van der Waals surface area contributed by atoms with Crippen LogP contribution in [0.5, 0.6) is 0 Å². The molecule has 210 valence electrons. The lowest BCUT2D eigenvalue weighted by molar-refractivity contribution is -0.133. The second-order valence-electron chi connectivity index (χ2n) is 11.8. The number of hydrogen-bond acceptors (Lipinski definition) is 5. The summed E-state index contributed by atoms with van der Waals surface area (Å²) in [6.07, 6.45) is 2.05. The molecule has 0 unspecified atom stereocenters. The Balaban J connectivity index is 1.23. The van der Waals surface area contributed by atoms with Crippen molar-refractivity contribution in [3.05, 3.63) is 52.8 Å². The molecule has 2 aliphatic heterocycles. The Kier molecular flexibility index (Phi) is 8.70. The highest BCUT2D eigenvalue weighted by Gasteiger charge is 2.27. The van der Waals surface area contributed by atoms with Crippen LogP contribution in [0.3, 0.4) is 0 Å². The molecule has 2 aliphatic rings. The molecule has 0 bridgehead atoms. The van der Waals surface area contributed by atoms with E-state index in [1.807, 2.05) is 0 Å². The molecule has 39 heavy (non-hydrogen) atoms. The van der Waals surface area contributed by atoms with E-state index in [-0.39, 0.29) is 5.91 Å². The second kappa shape index (κ2) is 12.2. The van der Waals surface area contributed by atoms with Crippen molar-refractivity contribution in [1.82, 2.24) is 24.7 Å². The Labute approximate surface area is 233 Å². The molecule has 7 nitrogen and oxygen atoms in total. The van der Waals surface area contributed by atoms with Crippen molar-refractivity contribution in [2.75, 3.05) is 66.1 Å². The molecule has 1 aromatic carbocycles. The Morgan fingerprint density at radius 2 is 1.67 bits per heavy atom. The van der Waals surface area contributed by atoms with Gasteiger partial charge in [0, 0.05) is 80.8 Å². The van der Waals surface area contributed by atoms with Gasteiger partial charge in [0.1, 0.15) is 0 Å². The van der Waals surface area contributed by atoms with Crippen LogP contribution in [0.2, 0.25) is 0 Å². The number of rotatable bonds is 8. The summed E-state index contributed by atoms with van der Waals surface area (Å²) in [5.41, 5.74) is 8.49. The fourth-order valence-electron chi connectivity index (χ4n) is 6.44. The van der Waals surface area contributed by atoms with Gasteiger partial charge in [-0.25, -0.2) is 0 Å². The molecule has 1 N–H and O–H groups in total. The maximum absolute atomic E-state index is 13.1. The molecule has 0 saturated carbocycles. The van der Waals surface area contributed by atoms with E-state index in [2.05, 4.69) is 82.7 Å². The highest BCUT2D eigenvalue weighted by Crippen LogP contribution is 2.38. The lowest BCUT2D eigenvalue weighted by atomic mass is 9.87. The van der Waals surface area contributed by atoms with Crippen LogP contribution in [0.25, 0.3) is 22.2 Å². The fourth-order valence-corrected chi connectivity index (χ4v) is 6.44. The summed E-state index contributed by atoms with van der Waals surface area (Å²) in [7, 11) is 1.75. The maximum atomic E-state index is 13.1. The number of likely N-dealkylation sites (tertiary alicyclic amines) is 1. The average molecular weight is 532 g/mol. The first-order chi connectivity index (χ1) is 18.8. The molecule has 0 radical (unpaired) electrons. The third kappa shape index (κ3) is 6.37. The molecule has 7 heteroatoms. The van der Waals surface area contributed by atoms with Crippen LogP contribution < -0.4 is 0 Å². The van der Waals surface area contributed by atoms with Gasteiger partial charge in [0.25, 0.3) is 0 Å². The summed E-state index contributed by atoms with van der Waals surface area (Å²) in [5.74, 6) is 1.18. The van der Waals surface area contributed by atoms with Crippen LogP contribution in [0.1, 0.15) is 61.0 Å². The Bertz CT molecular complexity index is 1260. The van der Waals surface area contributed by atoms with Crippen molar-refractivity contribution >= 4 is 16.8 Å². The number of H-pyrrole nitrogens is 1. The zero-order valence-electron chi connectivity index (χ0n) is 24.4. The van der Waals surface area contributed by atoms with Gasteiger partial charge in [0.05, 0.1) is 18.8 Å². The van der Waals surface area contributed by atoms with Gasteiger partial charge in [-0.2, -0.15) is 0 Å². The van der Waals surface area contributed by atoms with Crippen LogP contribution in [0.15, 0.2) is 30.3 Å². The SMILES string of the molecule is COCCN1CCN(CC(=O)N2CCC(c3ccc4[nH]c(-c5cc(C)nc(C)c5)c(C(C)C)c4c3)CC2)CC1. The predicted octanol–water partition coefficient (Wildman–Crippen LogP) is 4.94. The summed E-state index contributed by atoms with van der Waals surface area (Å²) in [4.78, 5) is 28.2. The number of nitrogens with one attached hydrogen (secondary N) is 1. The number of aromatic amines is 1. The molecule has 4 heterocycles. The van der Waals surface area contributed by atoms with E-state index in [0.717, 1.165) is 76.6 Å². The summed E-state index contributed by atoms with van der Waals surface area (Å²) < 4.78 is 5.20. The van der Waals surface area contributed by atoms with E-state index in [1.54, 1.807) is 7.11 Å². The number of pyridine rings is 1. The fraction of sp³-hybridized carbons (Fsp3) is 0.562. The molecular weight excluding hydrogens is 486 g/mol. The number of benzene rings is 1. The Morgan fingerprint density at radius 3 is 2.31 bits per heavy atom. The van der Waals surface area contributed by atoms with Crippen molar-refractivity contribution in [3.8, 4) is 11.3 Å². The number of methoxy groups -OCH3 is 1. The van der Waals surface area contributed by atoms with Crippen LogP contribution in [-0.2, 0) is 9.53 Å². The third-order valence-electron chi connectivity index (χ3n) is 8.56. The minimum atomic E-state index is 0.287. The lowest BCUT2D eigenvalue weighted by Crippen LogP contribution is -2.51. The van der Waals surface area contributed by atoms with Gasteiger partial charge in [-0.15, -0.1) is 0 Å². The van der Waals surface area contributed by atoms with E-state index >= 15 is 0 Å². The average Bonchev–Trinajstić information content (AvgIpc) is 3.31. The number of carbonyl (C=O) groups excluding carboxylic acids is 1. The highest BCUT2D eigenvalue weighted by atomic mass is 16.5. The number of piperidine rings is 1. The Hall–Kier alpha value is -2.74. The molecule has 2 saturated heterocycles. The van der Waals surface area contributed by atoms with E-state index in [4.69, 9.17) is 4.74 Å². The number of nitrogens with zero attached hydrogens (tertiary/aromatic N) is 4. The molecule has 3 aromatic rings. The molecule has 2 fully saturated rings. The number of carbonyl (C=O) groups is 1. The number of aromatic nitrogens is 2. The van der Waals surface area contributed by atoms with Crippen LogP contribution in [0.4, 0.5) is 0 Å². The minimum Gasteiger partial charge on any atom is -0.383 e. The van der Waals surface area contributed by atoms with Gasteiger partial charge in [0.15, 0.2) is 0 Å². The third-order valence-corrected chi connectivity index (χ3v) is 8.56. The first-order valence-electron chi connectivity index (χ1n) is 14.6. The van der Waals surface area contributed by atoms with E-state index in [0.29, 0.717) is 18.4 Å². The number of fused-ring (bicyclic) bond motifs is 1. The first-order valence-corrected chi connectivity index (χ1v) is 14.6. The van der Waals surface area contributed by atoms with Gasteiger partial charge >= 0.3 is 0 Å². The molecular formula is C32H45N5O2. The highest BCUT2D eigenvalue weighted by molar-refractivity contribution is 5.92. The van der Waals surface area contributed by atoms with Gasteiger partial charge in [-0.3, -0.25) is 19.6 Å². The normalized spacial score (nSPS) is 17.9. The van der Waals surface area contributed by atoms with Crippen LogP contribution >= 0.6 is 0 Å². The molecule has 0 atom stereocenters. The number of piperazine rings is 1. The van der Waals surface area contributed by atoms with Crippen molar-refractivity contribution in [2.24, 2.45) is 0 Å². The smallest absolute Gasteiger partial charge is 0.236 e.